The number of para-hydroxylation sites is 2. The van der Waals surface area contributed by atoms with Gasteiger partial charge in [-0.25, -0.2) is 4.39 Å². The Morgan fingerprint density at radius 1 is 1.11 bits per heavy atom. The molecule has 0 bridgehead atoms. The van der Waals surface area contributed by atoms with Gasteiger partial charge < -0.3 is 15.2 Å². The Balaban J connectivity index is 2.28. The third kappa shape index (κ3) is 3.45. The Morgan fingerprint density at radius 3 is 2.53 bits per heavy atom. The molecule has 100 valence electrons. The second-order valence-electron chi connectivity index (χ2n) is 3.98. The van der Waals surface area contributed by atoms with Crippen molar-refractivity contribution < 1.29 is 13.9 Å². The lowest BCUT2D eigenvalue weighted by Gasteiger charge is -2.12. The Kier molecular flexibility index (Phi) is 4.36. The number of hydrogen-bond donors (Lipinski definition) is 1. The van der Waals surface area contributed by atoms with Gasteiger partial charge in [0.2, 0.25) is 0 Å². The van der Waals surface area contributed by atoms with Gasteiger partial charge in [0.25, 0.3) is 0 Å². The summed E-state index contributed by atoms with van der Waals surface area (Å²) < 4.78 is 24.5. The van der Waals surface area contributed by atoms with E-state index in [9.17, 15) is 4.39 Å². The van der Waals surface area contributed by atoms with E-state index in [1.54, 1.807) is 12.1 Å². The zero-order chi connectivity index (χ0) is 13.7. The molecule has 4 heteroatoms. The minimum atomic E-state index is -0.369. The Labute approximate surface area is 111 Å². The zero-order valence-corrected chi connectivity index (χ0v) is 10.7. The fourth-order valence-electron chi connectivity index (χ4n) is 1.73. The SMILES string of the molecule is CCOc1ccccc1Oc1cc(F)cc(CN)c1. The first-order valence-electron chi connectivity index (χ1n) is 6.12. The molecule has 0 aliphatic rings. The summed E-state index contributed by atoms with van der Waals surface area (Å²) in [5.41, 5.74) is 6.20. The highest BCUT2D eigenvalue weighted by molar-refractivity contribution is 5.43. The lowest BCUT2D eigenvalue weighted by atomic mass is 10.2. The van der Waals surface area contributed by atoms with Crippen molar-refractivity contribution in [3.63, 3.8) is 0 Å². The van der Waals surface area contributed by atoms with Gasteiger partial charge in [-0.15, -0.1) is 0 Å². The molecule has 0 aromatic heterocycles. The molecule has 0 saturated heterocycles. The quantitative estimate of drug-likeness (QED) is 0.896. The molecular weight excluding hydrogens is 245 g/mol. The predicted molar refractivity (Wildman–Crippen MR) is 72.0 cm³/mol. The first-order valence-corrected chi connectivity index (χ1v) is 6.12. The minimum absolute atomic E-state index is 0.265. The molecule has 0 spiro atoms. The molecule has 2 N–H and O–H groups in total. The van der Waals surface area contributed by atoms with Gasteiger partial charge in [-0.2, -0.15) is 0 Å². The molecule has 2 rings (SSSR count). The van der Waals surface area contributed by atoms with Crippen LogP contribution in [-0.4, -0.2) is 6.61 Å². The van der Waals surface area contributed by atoms with Crippen molar-refractivity contribution >= 4 is 0 Å². The van der Waals surface area contributed by atoms with Crippen LogP contribution in [0.4, 0.5) is 4.39 Å². The van der Waals surface area contributed by atoms with E-state index in [1.807, 2.05) is 25.1 Å². The fourth-order valence-corrected chi connectivity index (χ4v) is 1.73. The maximum absolute atomic E-state index is 13.4. The van der Waals surface area contributed by atoms with Crippen LogP contribution in [0.5, 0.6) is 17.2 Å². The topological polar surface area (TPSA) is 44.5 Å². The molecule has 0 aliphatic heterocycles. The zero-order valence-electron chi connectivity index (χ0n) is 10.7. The van der Waals surface area contributed by atoms with E-state index < -0.39 is 0 Å². The van der Waals surface area contributed by atoms with Gasteiger partial charge in [-0.1, -0.05) is 12.1 Å². The van der Waals surface area contributed by atoms with Crippen molar-refractivity contribution in [2.45, 2.75) is 13.5 Å². The van der Waals surface area contributed by atoms with E-state index in [0.29, 0.717) is 29.4 Å². The van der Waals surface area contributed by atoms with E-state index >= 15 is 0 Å². The number of ether oxygens (including phenoxy) is 2. The summed E-state index contributed by atoms with van der Waals surface area (Å²) in [6.07, 6.45) is 0. The molecule has 0 heterocycles. The standard InChI is InChI=1S/C15H16FNO2/c1-2-18-14-5-3-4-6-15(14)19-13-8-11(10-17)7-12(16)9-13/h3-9H,2,10,17H2,1H3. The van der Waals surface area contributed by atoms with Crippen molar-refractivity contribution in [3.05, 3.63) is 53.8 Å². The maximum atomic E-state index is 13.4. The van der Waals surface area contributed by atoms with Crippen LogP contribution in [0.1, 0.15) is 12.5 Å². The molecular formula is C15H16FNO2. The molecule has 0 radical (unpaired) electrons. The molecule has 0 aliphatic carbocycles. The average molecular weight is 261 g/mol. The van der Waals surface area contributed by atoms with Crippen molar-refractivity contribution in [1.82, 2.24) is 0 Å². The van der Waals surface area contributed by atoms with Crippen LogP contribution in [0.15, 0.2) is 42.5 Å². The van der Waals surface area contributed by atoms with Gasteiger partial charge >= 0.3 is 0 Å². The normalized spacial score (nSPS) is 10.3. The molecule has 3 nitrogen and oxygen atoms in total. The van der Waals surface area contributed by atoms with Crippen LogP contribution in [0.2, 0.25) is 0 Å². The second-order valence-corrected chi connectivity index (χ2v) is 3.98. The Morgan fingerprint density at radius 2 is 1.84 bits per heavy atom. The summed E-state index contributed by atoms with van der Waals surface area (Å²) in [4.78, 5) is 0. The summed E-state index contributed by atoms with van der Waals surface area (Å²) in [6, 6.07) is 11.7. The van der Waals surface area contributed by atoms with E-state index in [1.165, 1.54) is 12.1 Å². The number of rotatable bonds is 5. The van der Waals surface area contributed by atoms with Gasteiger partial charge in [-0.05, 0) is 36.8 Å². The summed E-state index contributed by atoms with van der Waals surface area (Å²) in [5.74, 6) is 1.22. The van der Waals surface area contributed by atoms with Crippen LogP contribution in [0, 0.1) is 5.82 Å². The number of nitrogens with two attached hydrogens (primary N) is 1. The van der Waals surface area contributed by atoms with Gasteiger partial charge in [0.15, 0.2) is 11.5 Å². The van der Waals surface area contributed by atoms with Crippen LogP contribution in [-0.2, 0) is 6.54 Å². The summed E-state index contributed by atoms with van der Waals surface area (Å²) in [6.45, 7) is 2.70. The molecule has 0 amide bonds. The minimum Gasteiger partial charge on any atom is -0.490 e. The summed E-state index contributed by atoms with van der Waals surface area (Å²) in [7, 11) is 0. The Bertz CT molecular complexity index is 558. The highest BCUT2D eigenvalue weighted by Gasteiger charge is 2.07. The van der Waals surface area contributed by atoms with Crippen molar-refractivity contribution in [3.8, 4) is 17.2 Å². The van der Waals surface area contributed by atoms with Crippen LogP contribution < -0.4 is 15.2 Å². The lowest BCUT2D eigenvalue weighted by molar-refractivity contribution is 0.321. The molecule has 0 unspecified atom stereocenters. The monoisotopic (exact) mass is 261 g/mol. The van der Waals surface area contributed by atoms with Gasteiger partial charge in [0.1, 0.15) is 11.6 Å². The number of halogens is 1. The lowest BCUT2D eigenvalue weighted by Crippen LogP contribution is -1.98. The third-order valence-corrected chi connectivity index (χ3v) is 2.54. The van der Waals surface area contributed by atoms with Gasteiger partial charge in [0.05, 0.1) is 6.61 Å². The summed E-state index contributed by atoms with van der Waals surface area (Å²) in [5, 5.41) is 0. The smallest absolute Gasteiger partial charge is 0.169 e. The molecule has 2 aromatic carbocycles. The second kappa shape index (κ2) is 6.20. The van der Waals surface area contributed by atoms with Crippen LogP contribution in [0.3, 0.4) is 0 Å². The van der Waals surface area contributed by atoms with E-state index in [-0.39, 0.29) is 12.4 Å². The van der Waals surface area contributed by atoms with E-state index in [2.05, 4.69) is 0 Å². The van der Waals surface area contributed by atoms with E-state index in [0.717, 1.165) is 0 Å². The average Bonchev–Trinajstić information content (AvgIpc) is 2.40. The molecule has 0 atom stereocenters. The number of benzene rings is 2. The molecule has 0 fully saturated rings. The van der Waals surface area contributed by atoms with Gasteiger partial charge in [0, 0.05) is 12.6 Å². The predicted octanol–water partition coefficient (Wildman–Crippen LogP) is 3.48. The fraction of sp³-hybridized carbons (Fsp3) is 0.200. The van der Waals surface area contributed by atoms with Crippen LogP contribution in [0.25, 0.3) is 0 Å². The van der Waals surface area contributed by atoms with E-state index in [4.69, 9.17) is 15.2 Å². The molecule has 19 heavy (non-hydrogen) atoms. The summed E-state index contributed by atoms with van der Waals surface area (Å²) >= 11 is 0. The van der Waals surface area contributed by atoms with Crippen molar-refractivity contribution in [2.24, 2.45) is 5.73 Å². The van der Waals surface area contributed by atoms with Crippen LogP contribution >= 0.6 is 0 Å². The van der Waals surface area contributed by atoms with Gasteiger partial charge in [-0.3, -0.25) is 0 Å². The molecule has 2 aromatic rings. The number of hydrogen-bond acceptors (Lipinski definition) is 3. The first kappa shape index (κ1) is 13.4. The highest BCUT2D eigenvalue weighted by Crippen LogP contribution is 2.31. The highest BCUT2D eigenvalue weighted by atomic mass is 19.1. The third-order valence-electron chi connectivity index (χ3n) is 2.54. The Hall–Kier alpha value is -2.07. The first-order chi connectivity index (χ1) is 9.22. The molecule has 0 saturated carbocycles. The van der Waals surface area contributed by atoms with Crippen molar-refractivity contribution in [2.75, 3.05) is 6.61 Å². The van der Waals surface area contributed by atoms with Crippen molar-refractivity contribution in [1.29, 1.82) is 0 Å². The maximum Gasteiger partial charge on any atom is 0.169 e. The largest absolute Gasteiger partial charge is 0.490 e.